The third kappa shape index (κ3) is 5.50. The van der Waals surface area contributed by atoms with Gasteiger partial charge in [0.1, 0.15) is 0 Å². The van der Waals surface area contributed by atoms with Crippen molar-refractivity contribution in [3.8, 4) is 0 Å². The fraction of sp³-hybridized carbons (Fsp3) is 0.200. The van der Waals surface area contributed by atoms with E-state index in [0.717, 1.165) is 12.1 Å². The van der Waals surface area contributed by atoms with Crippen LogP contribution in [0.3, 0.4) is 0 Å². The highest BCUT2D eigenvalue weighted by Gasteiger charge is 2.23. The van der Waals surface area contributed by atoms with Crippen LogP contribution in [0.15, 0.2) is 46.8 Å². The molecule has 13 heteroatoms. The molecule has 0 unspecified atom stereocenters. The first-order valence-electron chi connectivity index (χ1n) is 9.72. The lowest BCUT2D eigenvalue weighted by molar-refractivity contribution is -0.117. The number of nitrogens with one attached hydrogen (secondary N) is 2. The quantitative estimate of drug-likeness (QED) is 0.453. The second-order valence-electron chi connectivity index (χ2n) is 7.09. The average molecular weight is 526 g/mol. The fourth-order valence-electron chi connectivity index (χ4n) is 3.20. The molecular formula is C20H17Cl2N5O4S2. The molecule has 0 atom stereocenters. The van der Waals surface area contributed by atoms with Gasteiger partial charge in [0.2, 0.25) is 15.4 Å². The number of hydrogen-bond donors (Lipinski definition) is 2. The van der Waals surface area contributed by atoms with Crippen molar-refractivity contribution < 1.29 is 18.0 Å². The molecule has 0 aliphatic carbocycles. The van der Waals surface area contributed by atoms with Crippen molar-refractivity contribution in [1.29, 1.82) is 0 Å². The lowest BCUT2D eigenvalue weighted by atomic mass is 10.2. The smallest absolute Gasteiger partial charge is 0.270 e. The number of benzene rings is 2. The van der Waals surface area contributed by atoms with Gasteiger partial charge in [-0.3, -0.25) is 14.9 Å². The molecule has 0 radical (unpaired) electrons. The summed E-state index contributed by atoms with van der Waals surface area (Å²) in [7, 11) is -3.97. The minimum Gasteiger partial charge on any atom is -0.312 e. The number of hydrogen-bond acceptors (Lipinski definition) is 7. The molecule has 0 spiro atoms. The molecule has 1 saturated heterocycles. The first kappa shape index (κ1) is 23.6. The van der Waals surface area contributed by atoms with Gasteiger partial charge in [-0.1, -0.05) is 46.7 Å². The summed E-state index contributed by atoms with van der Waals surface area (Å²) in [4.78, 5) is 26.0. The molecule has 1 aromatic heterocycles. The van der Waals surface area contributed by atoms with E-state index in [1.54, 1.807) is 23.1 Å². The van der Waals surface area contributed by atoms with Crippen LogP contribution in [0.2, 0.25) is 10.0 Å². The molecule has 2 aromatic carbocycles. The summed E-state index contributed by atoms with van der Waals surface area (Å²) < 4.78 is 27.4. The van der Waals surface area contributed by atoms with Gasteiger partial charge in [-0.25, -0.2) is 13.1 Å². The third-order valence-corrected chi connectivity index (χ3v) is 7.95. The molecule has 0 saturated carbocycles. The fourth-order valence-corrected chi connectivity index (χ4v) is 5.65. The Labute approximate surface area is 203 Å². The predicted molar refractivity (Wildman–Crippen MR) is 126 cm³/mol. The van der Waals surface area contributed by atoms with Crippen LogP contribution in [0.1, 0.15) is 28.8 Å². The molecule has 1 fully saturated rings. The lowest BCUT2D eigenvalue weighted by Crippen LogP contribution is -2.25. The first-order chi connectivity index (χ1) is 15.7. The van der Waals surface area contributed by atoms with E-state index >= 15 is 0 Å². The van der Waals surface area contributed by atoms with E-state index in [0.29, 0.717) is 34.9 Å². The first-order valence-corrected chi connectivity index (χ1v) is 12.8. The van der Waals surface area contributed by atoms with Crippen LogP contribution in [-0.4, -0.2) is 37.0 Å². The number of anilines is 2. The van der Waals surface area contributed by atoms with Gasteiger partial charge in [-0.05, 0) is 42.3 Å². The number of halogens is 2. The number of carbonyl (C=O) groups excluding carboxylic acids is 2. The van der Waals surface area contributed by atoms with Crippen molar-refractivity contribution in [3.63, 3.8) is 0 Å². The van der Waals surface area contributed by atoms with Crippen molar-refractivity contribution >= 4 is 67.2 Å². The zero-order valence-electron chi connectivity index (χ0n) is 16.9. The summed E-state index contributed by atoms with van der Waals surface area (Å²) in [6, 6.07) is 11.5. The zero-order valence-corrected chi connectivity index (χ0v) is 20.1. The van der Waals surface area contributed by atoms with E-state index in [4.69, 9.17) is 23.2 Å². The molecule has 0 bridgehead atoms. The van der Waals surface area contributed by atoms with Gasteiger partial charge in [0.15, 0.2) is 0 Å². The number of amides is 2. The summed E-state index contributed by atoms with van der Waals surface area (Å²) in [6.45, 7) is 0.647. The minimum absolute atomic E-state index is 0.000140. The molecular weight excluding hydrogens is 509 g/mol. The van der Waals surface area contributed by atoms with Gasteiger partial charge in [0.05, 0.1) is 10.6 Å². The molecule has 172 valence electrons. The average Bonchev–Trinajstić information content (AvgIpc) is 3.42. The number of rotatable bonds is 7. The highest BCUT2D eigenvalue weighted by molar-refractivity contribution is 7.91. The van der Waals surface area contributed by atoms with Crippen molar-refractivity contribution in [2.24, 2.45) is 0 Å². The van der Waals surface area contributed by atoms with E-state index in [9.17, 15) is 18.0 Å². The van der Waals surface area contributed by atoms with Gasteiger partial charge < -0.3 is 4.90 Å². The van der Waals surface area contributed by atoms with Crippen LogP contribution in [0.4, 0.5) is 10.8 Å². The normalized spacial score (nSPS) is 14.0. The maximum Gasteiger partial charge on any atom is 0.270 e. The van der Waals surface area contributed by atoms with Crippen molar-refractivity contribution in [2.45, 2.75) is 23.7 Å². The maximum atomic E-state index is 12.6. The Morgan fingerprint density at radius 2 is 1.97 bits per heavy atom. The second-order valence-corrected chi connectivity index (χ2v) is 10.9. The molecule has 1 aliphatic rings. The Kier molecular flexibility index (Phi) is 6.96. The molecule has 1 aliphatic heterocycles. The van der Waals surface area contributed by atoms with Gasteiger partial charge in [-0.15, -0.1) is 10.2 Å². The SMILES string of the molecule is O=C(Nc1nnc(S(=O)(=O)NCc2cccc(N3CCCC3=O)c2)s1)c1ccc(Cl)cc1Cl. The molecule has 3 aromatic rings. The topological polar surface area (TPSA) is 121 Å². The maximum absolute atomic E-state index is 12.6. The van der Waals surface area contributed by atoms with Gasteiger partial charge >= 0.3 is 0 Å². The van der Waals surface area contributed by atoms with Crippen molar-refractivity contribution in [3.05, 3.63) is 63.6 Å². The molecule has 2 N–H and O–H groups in total. The van der Waals surface area contributed by atoms with Gasteiger partial charge in [0, 0.05) is 30.2 Å². The third-order valence-electron chi connectivity index (χ3n) is 4.79. The van der Waals surface area contributed by atoms with E-state index in [-0.39, 0.29) is 32.5 Å². The Hall–Kier alpha value is -2.57. The monoisotopic (exact) mass is 525 g/mol. The Morgan fingerprint density at radius 3 is 2.70 bits per heavy atom. The largest absolute Gasteiger partial charge is 0.312 e. The highest BCUT2D eigenvalue weighted by atomic mass is 35.5. The summed E-state index contributed by atoms with van der Waals surface area (Å²) in [5, 5.41) is 10.4. The van der Waals surface area contributed by atoms with Crippen LogP contribution in [-0.2, 0) is 21.4 Å². The van der Waals surface area contributed by atoms with E-state index in [1.165, 1.54) is 18.2 Å². The Morgan fingerprint density at radius 1 is 1.15 bits per heavy atom. The molecule has 4 rings (SSSR count). The van der Waals surface area contributed by atoms with Crippen LogP contribution in [0.5, 0.6) is 0 Å². The molecule has 2 amide bonds. The second kappa shape index (κ2) is 9.74. The van der Waals surface area contributed by atoms with Gasteiger partial charge in [-0.2, -0.15) is 0 Å². The summed E-state index contributed by atoms with van der Waals surface area (Å²) >= 11 is 12.6. The molecule has 9 nitrogen and oxygen atoms in total. The molecule has 2 heterocycles. The number of sulfonamides is 1. The summed E-state index contributed by atoms with van der Waals surface area (Å²) in [5.41, 5.74) is 1.58. The van der Waals surface area contributed by atoms with Crippen LogP contribution < -0.4 is 14.9 Å². The zero-order chi connectivity index (χ0) is 23.6. The van der Waals surface area contributed by atoms with Crippen LogP contribution in [0.25, 0.3) is 0 Å². The Balaban J connectivity index is 1.41. The standard InChI is InChI=1S/C20H17Cl2N5O4S2/c21-13-6-7-15(16(22)10-13)18(29)24-19-25-26-20(32-19)33(30,31)23-11-12-3-1-4-14(9-12)27-8-2-5-17(27)28/h1,3-4,6-7,9-10,23H,2,5,8,11H2,(H,24,25,29). The summed E-state index contributed by atoms with van der Waals surface area (Å²) in [6.07, 6.45) is 1.31. The van der Waals surface area contributed by atoms with Crippen LogP contribution in [0, 0.1) is 0 Å². The number of aromatic nitrogens is 2. The number of nitrogens with zero attached hydrogens (tertiary/aromatic N) is 3. The van der Waals surface area contributed by atoms with E-state index in [1.807, 2.05) is 6.07 Å². The summed E-state index contributed by atoms with van der Waals surface area (Å²) in [5.74, 6) is -0.519. The van der Waals surface area contributed by atoms with Crippen molar-refractivity contribution in [1.82, 2.24) is 14.9 Å². The highest BCUT2D eigenvalue weighted by Crippen LogP contribution is 2.25. The Bertz CT molecular complexity index is 1330. The van der Waals surface area contributed by atoms with E-state index < -0.39 is 15.9 Å². The van der Waals surface area contributed by atoms with Crippen molar-refractivity contribution in [2.75, 3.05) is 16.8 Å². The predicted octanol–water partition coefficient (Wildman–Crippen LogP) is 3.70. The lowest BCUT2D eigenvalue weighted by Gasteiger charge is -2.16. The van der Waals surface area contributed by atoms with Gasteiger partial charge in [0.25, 0.3) is 15.9 Å². The molecule has 33 heavy (non-hydrogen) atoms. The minimum atomic E-state index is -3.97. The number of carbonyl (C=O) groups is 2. The van der Waals surface area contributed by atoms with E-state index in [2.05, 4.69) is 20.2 Å². The van der Waals surface area contributed by atoms with Crippen LogP contribution >= 0.6 is 34.5 Å².